The summed E-state index contributed by atoms with van der Waals surface area (Å²) in [7, 11) is 0. The fourth-order valence-electron chi connectivity index (χ4n) is 1.35. The van der Waals surface area contributed by atoms with E-state index >= 15 is 0 Å². The van der Waals surface area contributed by atoms with Crippen molar-refractivity contribution in [2.75, 3.05) is 0 Å². The number of carboxylic acid groups (broad SMARTS) is 1. The van der Waals surface area contributed by atoms with Crippen LogP contribution in [0.4, 0.5) is 0 Å². The minimum Gasteiger partial charge on any atom is -0.481 e. The Labute approximate surface area is 73.2 Å². The molecular weight excluding hydrogens is 123 g/mol. The smallest absolute Gasteiger partial charge is 0.306 e. The van der Waals surface area contributed by atoms with Crippen LogP contribution in [0.2, 0.25) is 0 Å². The molecule has 0 bridgehead atoms. The molecule has 0 amide bonds. The zero-order valence-corrected chi connectivity index (χ0v) is 6.47. The van der Waals surface area contributed by atoms with Gasteiger partial charge in [-0.1, -0.05) is 19.3 Å². The molecule has 53 valence electrons. The molecule has 1 N–H and O–H groups in total. The molecule has 0 aromatic heterocycles. The third kappa shape index (κ3) is 2.77. The van der Waals surface area contributed by atoms with Crippen molar-refractivity contribution in [3.63, 3.8) is 0 Å². The summed E-state index contributed by atoms with van der Waals surface area (Å²) in [6.45, 7) is 0. The molecule has 1 fully saturated rings. The predicted molar refractivity (Wildman–Crippen MR) is 40.0 cm³/mol. The van der Waals surface area contributed by atoms with Crippen LogP contribution in [0.15, 0.2) is 0 Å². The summed E-state index contributed by atoms with van der Waals surface area (Å²) in [5.74, 6) is -0.631. The Morgan fingerprint density at radius 2 is 1.70 bits per heavy atom. The van der Waals surface area contributed by atoms with Gasteiger partial charge in [0.15, 0.2) is 0 Å². The molecule has 3 heteroatoms. The largest absolute Gasteiger partial charge is 0.481 e. The molecule has 0 aliphatic heterocycles. The Morgan fingerprint density at radius 1 is 1.20 bits per heavy atom. The monoisotopic (exact) mass is 135 g/mol. The first kappa shape index (κ1) is 10.1. The number of hydrogen-bond donors (Lipinski definition) is 1. The third-order valence-electron chi connectivity index (χ3n) is 1.95. The summed E-state index contributed by atoms with van der Waals surface area (Å²) >= 11 is 0. The second-order valence-corrected chi connectivity index (χ2v) is 2.67. The molecule has 1 aliphatic rings. The summed E-state index contributed by atoms with van der Waals surface area (Å²) in [5, 5.41) is 8.54. The van der Waals surface area contributed by atoms with E-state index in [1.54, 1.807) is 0 Å². The van der Waals surface area contributed by atoms with Crippen LogP contribution in [0.5, 0.6) is 0 Å². The van der Waals surface area contributed by atoms with Crippen molar-refractivity contribution < 1.29 is 9.90 Å². The van der Waals surface area contributed by atoms with Crippen molar-refractivity contribution in [1.29, 1.82) is 0 Å². The zero-order valence-electron chi connectivity index (χ0n) is 6.47. The molecule has 0 aromatic rings. The fraction of sp³-hybridized carbons (Fsp3) is 0.857. The molecule has 2 nitrogen and oxygen atoms in total. The van der Waals surface area contributed by atoms with E-state index in [0.29, 0.717) is 0 Å². The van der Waals surface area contributed by atoms with E-state index in [1.165, 1.54) is 6.42 Å². The molecule has 1 rings (SSSR count). The summed E-state index contributed by atoms with van der Waals surface area (Å²) in [5.41, 5.74) is 0. The summed E-state index contributed by atoms with van der Waals surface area (Å²) in [6.07, 6.45) is 5.24. The van der Waals surface area contributed by atoms with Gasteiger partial charge in [0.25, 0.3) is 0 Å². The zero-order chi connectivity index (χ0) is 6.69. The molecule has 1 saturated carbocycles. The molecule has 0 heterocycles. The van der Waals surface area contributed by atoms with E-state index in [1.807, 2.05) is 0 Å². The van der Waals surface area contributed by atoms with Crippen molar-refractivity contribution in [1.82, 2.24) is 0 Å². The van der Waals surface area contributed by atoms with Gasteiger partial charge in [0.2, 0.25) is 0 Å². The van der Waals surface area contributed by atoms with Gasteiger partial charge in [0.05, 0.1) is 5.92 Å². The Hall–Kier alpha value is 0.0674. The second kappa shape index (κ2) is 4.82. The van der Waals surface area contributed by atoms with E-state index in [9.17, 15) is 4.79 Å². The molecule has 0 saturated heterocycles. The van der Waals surface area contributed by atoms with Crippen LogP contribution in [0, 0.1) is 5.92 Å². The summed E-state index contributed by atoms with van der Waals surface area (Å²) < 4.78 is 0. The van der Waals surface area contributed by atoms with Crippen molar-refractivity contribution in [2.45, 2.75) is 32.1 Å². The average Bonchev–Trinajstić information content (AvgIpc) is 1.90. The summed E-state index contributed by atoms with van der Waals surface area (Å²) in [6, 6.07) is 0. The van der Waals surface area contributed by atoms with E-state index < -0.39 is 5.97 Å². The van der Waals surface area contributed by atoms with Crippen LogP contribution in [-0.2, 0) is 4.79 Å². The first-order valence-corrected chi connectivity index (χ1v) is 3.53. The van der Waals surface area contributed by atoms with Gasteiger partial charge in [0, 0.05) is 18.9 Å². The minimum absolute atomic E-state index is 0. The minimum atomic E-state index is -0.602. The van der Waals surface area contributed by atoms with Crippen LogP contribution >= 0.6 is 0 Å². The SMILES string of the molecule is O=C(O)C1CCCCC1.[Li]. The average molecular weight is 135 g/mol. The molecule has 1 radical (unpaired) electrons. The quantitative estimate of drug-likeness (QED) is 0.550. The number of hydrogen-bond acceptors (Lipinski definition) is 1. The standard InChI is InChI=1S/C7H12O2.Li/c8-7(9)6-4-2-1-3-5-6;/h6H,1-5H2,(H,8,9);. The first-order valence-electron chi connectivity index (χ1n) is 3.53. The van der Waals surface area contributed by atoms with E-state index in [-0.39, 0.29) is 24.8 Å². The maximum Gasteiger partial charge on any atom is 0.306 e. The Bertz CT molecular complexity index is 108. The van der Waals surface area contributed by atoms with Crippen LogP contribution in [0.1, 0.15) is 32.1 Å². The van der Waals surface area contributed by atoms with Gasteiger partial charge < -0.3 is 5.11 Å². The van der Waals surface area contributed by atoms with Gasteiger partial charge in [-0.05, 0) is 12.8 Å². The van der Waals surface area contributed by atoms with Crippen molar-refractivity contribution in [2.24, 2.45) is 5.92 Å². The van der Waals surface area contributed by atoms with Gasteiger partial charge in [0.1, 0.15) is 0 Å². The molecular formula is C7H12LiO2. The second-order valence-electron chi connectivity index (χ2n) is 2.67. The number of aliphatic carboxylic acids is 1. The number of rotatable bonds is 1. The number of carboxylic acids is 1. The molecule has 10 heavy (non-hydrogen) atoms. The van der Waals surface area contributed by atoms with Crippen LogP contribution in [-0.4, -0.2) is 29.9 Å². The van der Waals surface area contributed by atoms with E-state index in [0.717, 1.165) is 25.7 Å². The van der Waals surface area contributed by atoms with Crippen molar-refractivity contribution in [3.8, 4) is 0 Å². The first-order chi connectivity index (χ1) is 4.30. The van der Waals surface area contributed by atoms with Gasteiger partial charge >= 0.3 is 5.97 Å². The predicted octanol–water partition coefficient (Wildman–Crippen LogP) is 1.27. The maximum absolute atomic E-state index is 10.4. The van der Waals surface area contributed by atoms with E-state index in [4.69, 9.17) is 5.11 Å². The fourth-order valence-corrected chi connectivity index (χ4v) is 1.35. The van der Waals surface area contributed by atoms with Gasteiger partial charge in [-0.15, -0.1) is 0 Å². The third-order valence-corrected chi connectivity index (χ3v) is 1.95. The Morgan fingerprint density at radius 3 is 2.00 bits per heavy atom. The Kier molecular flexibility index (Phi) is 4.85. The number of carbonyl (C=O) groups is 1. The van der Waals surface area contributed by atoms with E-state index in [2.05, 4.69) is 0 Å². The van der Waals surface area contributed by atoms with Crippen LogP contribution < -0.4 is 0 Å². The van der Waals surface area contributed by atoms with Crippen LogP contribution in [0.25, 0.3) is 0 Å². The van der Waals surface area contributed by atoms with Gasteiger partial charge in [-0.3, -0.25) is 4.79 Å². The molecule has 0 aromatic carbocycles. The van der Waals surface area contributed by atoms with Crippen LogP contribution in [0.3, 0.4) is 0 Å². The molecule has 0 atom stereocenters. The van der Waals surface area contributed by atoms with Gasteiger partial charge in [-0.2, -0.15) is 0 Å². The normalized spacial score (nSPS) is 19.6. The molecule has 1 aliphatic carbocycles. The van der Waals surface area contributed by atoms with Crippen molar-refractivity contribution >= 4 is 24.8 Å². The topological polar surface area (TPSA) is 37.3 Å². The Balaban J connectivity index is 0.000000810. The van der Waals surface area contributed by atoms with Gasteiger partial charge in [-0.25, -0.2) is 0 Å². The molecule has 0 spiro atoms. The molecule has 0 unspecified atom stereocenters. The van der Waals surface area contributed by atoms with Crippen molar-refractivity contribution in [3.05, 3.63) is 0 Å². The maximum atomic E-state index is 10.4. The summed E-state index contributed by atoms with van der Waals surface area (Å²) in [4.78, 5) is 10.4.